The van der Waals surface area contributed by atoms with Crippen molar-refractivity contribution in [2.24, 2.45) is 0 Å². The van der Waals surface area contributed by atoms with E-state index in [9.17, 15) is 9.59 Å². The maximum atomic E-state index is 11.6. The molecule has 1 saturated heterocycles. The molecule has 2 rings (SSSR count). The Labute approximate surface area is 119 Å². The van der Waals surface area contributed by atoms with Crippen LogP contribution in [-0.4, -0.2) is 11.9 Å². The molecule has 108 valence electrons. The van der Waals surface area contributed by atoms with Crippen molar-refractivity contribution < 1.29 is 19.1 Å². The van der Waals surface area contributed by atoms with Gasteiger partial charge in [-0.2, -0.15) is 0 Å². The summed E-state index contributed by atoms with van der Waals surface area (Å²) in [4.78, 5) is 23.3. The molecule has 1 heterocycles. The van der Waals surface area contributed by atoms with Gasteiger partial charge in [0.05, 0.1) is 0 Å². The fourth-order valence-electron chi connectivity index (χ4n) is 2.71. The van der Waals surface area contributed by atoms with Crippen LogP contribution in [0.3, 0.4) is 0 Å². The molecule has 0 N–H and O–H groups in total. The number of esters is 2. The standard InChI is InChI=1S/C16H20O4/c1-5-12-11(4)10(3)7-8-13(12)16(6-2)19-14(17)9-15(18)20-16/h7-8H,5-6,9H2,1-4H3. The Morgan fingerprint density at radius 3 is 2.20 bits per heavy atom. The van der Waals surface area contributed by atoms with Gasteiger partial charge in [-0.25, -0.2) is 0 Å². The summed E-state index contributed by atoms with van der Waals surface area (Å²) in [6.45, 7) is 7.96. The lowest BCUT2D eigenvalue weighted by molar-refractivity contribution is -0.251. The van der Waals surface area contributed by atoms with Crippen molar-refractivity contribution >= 4 is 11.9 Å². The van der Waals surface area contributed by atoms with Crippen molar-refractivity contribution in [2.45, 2.75) is 52.7 Å². The zero-order valence-corrected chi connectivity index (χ0v) is 12.4. The van der Waals surface area contributed by atoms with Gasteiger partial charge in [0.2, 0.25) is 0 Å². The van der Waals surface area contributed by atoms with E-state index < -0.39 is 17.7 Å². The van der Waals surface area contributed by atoms with Crippen LogP contribution in [0.25, 0.3) is 0 Å². The third kappa shape index (κ3) is 2.30. The second-order valence-corrected chi connectivity index (χ2v) is 5.12. The number of carbonyl (C=O) groups excluding carboxylic acids is 2. The van der Waals surface area contributed by atoms with Gasteiger partial charge in [0, 0.05) is 12.0 Å². The smallest absolute Gasteiger partial charge is 0.320 e. The van der Waals surface area contributed by atoms with Crippen molar-refractivity contribution in [2.75, 3.05) is 0 Å². The Bertz CT molecular complexity index is 544. The maximum Gasteiger partial charge on any atom is 0.320 e. The lowest BCUT2D eigenvalue weighted by Crippen LogP contribution is -2.43. The topological polar surface area (TPSA) is 52.6 Å². The fraction of sp³-hybridized carbons (Fsp3) is 0.500. The van der Waals surface area contributed by atoms with E-state index in [2.05, 4.69) is 0 Å². The van der Waals surface area contributed by atoms with Gasteiger partial charge in [0.1, 0.15) is 6.42 Å². The highest BCUT2D eigenvalue weighted by Crippen LogP contribution is 2.38. The average Bonchev–Trinajstić information content (AvgIpc) is 2.40. The SMILES string of the molecule is CCc1c(C2(CC)OC(=O)CC(=O)O2)ccc(C)c1C. The molecule has 0 unspecified atom stereocenters. The Kier molecular flexibility index (Phi) is 3.84. The molecule has 1 fully saturated rings. The zero-order chi connectivity index (χ0) is 14.9. The van der Waals surface area contributed by atoms with E-state index in [0.29, 0.717) is 6.42 Å². The van der Waals surface area contributed by atoms with Crippen molar-refractivity contribution in [1.29, 1.82) is 0 Å². The van der Waals surface area contributed by atoms with Crippen LogP contribution in [0.15, 0.2) is 12.1 Å². The number of carbonyl (C=O) groups is 2. The molecule has 0 radical (unpaired) electrons. The third-order valence-electron chi connectivity index (χ3n) is 3.94. The maximum absolute atomic E-state index is 11.6. The van der Waals surface area contributed by atoms with Crippen molar-refractivity contribution in [3.8, 4) is 0 Å². The minimum atomic E-state index is -1.27. The van der Waals surface area contributed by atoms with Gasteiger partial charge < -0.3 is 9.47 Å². The highest BCUT2D eigenvalue weighted by Gasteiger charge is 2.45. The number of hydrogen-bond acceptors (Lipinski definition) is 4. The van der Waals surface area contributed by atoms with Gasteiger partial charge in [-0.05, 0) is 37.0 Å². The molecular weight excluding hydrogens is 256 g/mol. The van der Waals surface area contributed by atoms with Crippen LogP contribution in [0.2, 0.25) is 0 Å². The molecule has 0 atom stereocenters. The second kappa shape index (κ2) is 5.27. The van der Waals surface area contributed by atoms with Crippen molar-refractivity contribution in [1.82, 2.24) is 0 Å². The van der Waals surface area contributed by atoms with Crippen LogP contribution < -0.4 is 0 Å². The largest absolute Gasteiger partial charge is 0.417 e. The number of aryl methyl sites for hydroxylation is 1. The summed E-state index contributed by atoms with van der Waals surface area (Å²) in [7, 11) is 0. The molecule has 4 heteroatoms. The molecule has 0 aromatic heterocycles. The van der Waals surface area contributed by atoms with E-state index >= 15 is 0 Å². The molecule has 4 nitrogen and oxygen atoms in total. The molecule has 1 aliphatic heterocycles. The minimum Gasteiger partial charge on any atom is -0.417 e. The van der Waals surface area contributed by atoms with E-state index in [1.165, 1.54) is 5.56 Å². The van der Waals surface area contributed by atoms with Gasteiger partial charge in [0.15, 0.2) is 0 Å². The Morgan fingerprint density at radius 2 is 1.70 bits per heavy atom. The van der Waals surface area contributed by atoms with Crippen molar-refractivity contribution in [3.63, 3.8) is 0 Å². The monoisotopic (exact) mass is 276 g/mol. The van der Waals surface area contributed by atoms with E-state index in [0.717, 1.165) is 23.1 Å². The van der Waals surface area contributed by atoms with Gasteiger partial charge in [-0.15, -0.1) is 0 Å². The first-order valence-electron chi connectivity index (χ1n) is 6.96. The van der Waals surface area contributed by atoms with Gasteiger partial charge >= 0.3 is 11.9 Å². The first kappa shape index (κ1) is 14.6. The summed E-state index contributed by atoms with van der Waals surface area (Å²) in [5.74, 6) is -2.32. The van der Waals surface area contributed by atoms with Crippen LogP contribution in [0.5, 0.6) is 0 Å². The van der Waals surface area contributed by atoms with E-state index in [1.54, 1.807) is 0 Å². The number of hydrogen-bond donors (Lipinski definition) is 0. The molecule has 0 spiro atoms. The molecule has 1 aromatic rings. The predicted octanol–water partition coefficient (Wildman–Crippen LogP) is 2.92. The van der Waals surface area contributed by atoms with E-state index in [4.69, 9.17) is 9.47 Å². The lowest BCUT2D eigenvalue weighted by Gasteiger charge is -2.37. The zero-order valence-electron chi connectivity index (χ0n) is 12.4. The summed E-state index contributed by atoms with van der Waals surface area (Å²) in [5, 5.41) is 0. The number of benzene rings is 1. The summed E-state index contributed by atoms with van der Waals surface area (Å²) in [5.41, 5.74) is 4.18. The van der Waals surface area contributed by atoms with Gasteiger partial charge in [0.25, 0.3) is 5.79 Å². The van der Waals surface area contributed by atoms with Gasteiger partial charge in [-0.3, -0.25) is 9.59 Å². The van der Waals surface area contributed by atoms with Crippen LogP contribution in [0.1, 0.15) is 48.9 Å². The minimum absolute atomic E-state index is 0.311. The molecule has 0 aliphatic carbocycles. The van der Waals surface area contributed by atoms with Crippen LogP contribution in [-0.2, 0) is 31.3 Å². The fourth-order valence-corrected chi connectivity index (χ4v) is 2.71. The number of cyclic esters (lactones) is 2. The first-order valence-corrected chi connectivity index (χ1v) is 6.96. The second-order valence-electron chi connectivity index (χ2n) is 5.12. The Morgan fingerprint density at radius 1 is 1.10 bits per heavy atom. The summed E-state index contributed by atoms with van der Waals surface area (Å²) in [6.07, 6.45) is 0.883. The van der Waals surface area contributed by atoms with Crippen LogP contribution in [0, 0.1) is 13.8 Å². The predicted molar refractivity (Wildman–Crippen MR) is 74.1 cm³/mol. The molecule has 1 aromatic carbocycles. The molecule has 20 heavy (non-hydrogen) atoms. The van der Waals surface area contributed by atoms with E-state index in [1.807, 2.05) is 39.8 Å². The molecule has 1 aliphatic rings. The average molecular weight is 276 g/mol. The highest BCUT2D eigenvalue weighted by atomic mass is 16.7. The van der Waals surface area contributed by atoms with Crippen LogP contribution >= 0.6 is 0 Å². The van der Waals surface area contributed by atoms with E-state index in [-0.39, 0.29) is 6.42 Å². The quantitative estimate of drug-likeness (QED) is 0.629. The van der Waals surface area contributed by atoms with Gasteiger partial charge in [-0.1, -0.05) is 26.0 Å². The molecular formula is C16H20O4. The third-order valence-corrected chi connectivity index (χ3v) is 3.94. The molecule has 0 bridgehead atoms. The summed E-state index contributed by atoms with van der Waals surface area (Å²) in [6, 6.07) is 3.87. The lowest BCUT2D eigenvalue weighted by atomic mass is 9.89. The number of rotatable bonds is 3. The Hall–Kier alpha value is -1.84. The van der Waals surface area contributed by atoms with Crippen LogP contribution in [0.4, 0.5) is 0 Å². The first-order chi connectivity index (χ1) is 9.43. The number of ether oxygens (including phenoxy) is 2. The van der Waals surface area contributed by atoms with Crippen molar-refractivity contribution in [3.05, 3.63) is 34.4 Å². The normalized spacial score (nSPS) is 17.6. The highest BCUT2D eigenvalue weighted by molar-refractivity contribution is 5.93. The molecule has 0 amide bonds. The summed E-state index contributed by atoms with van der Waals surface area (Å²) < 4.78 is 10.9. The Balaban J connectivity index is 2.60. The molecule has 0 saturated carbocycles. The summed E-state index contributed by atoms with van der Waals surface area (Å²) >= 11 is 0.